The van der Waals surface area contributed by atoms with Gasteiger partial charge in [-0.2, -0.15) is 0 Å². The molecule has 0 fully saturated rings. The van der Waals surface area contributed by atoms with Crippen LogP contribution in [0.4, 0.5) is 15.8 Å². The highest BCUT2D eigenvalue weighted by Gasteiger charge is 2.20. The Balaban J connectivity index is 1.94. The van der Waals surface area contributed by atoms with Gasteiger partial charge in [0, 0.05) is 30.0 Å². The largest absolute Gasteiger partial charge is 0.496 e. The van der Waals surface area contributed by atoms with E-state index in [0.717, 1.165) is 36.3 Å². The summed E-state index contributed by atoms with van der Waals surface area (Å²) in [5.74, 6) is 0.475. The molecule has 1 heterocycles. The Bertz CT molecular complexity index is 657. The van der Waals surface area contributed by atoms with E-state index in [1.807, 2.05) is 12.1 Å². The summed E-state index contributed by atoms with van der Waals surface area (Å²) in [5.41, 5.74) is 10.1. The Morgan fingerprint density at radius 3 is 2.95 bits per heavy atom. The summed E-state index contributed by atoms with van der Waals surface area (Å²) in [6, 6.07) is 10.6. The quantitative estimate of drug-likeness (QED) is 0.879. The van der Waals surface area contributed by atoms with Crippen molar-refractivity contribution in [1.29, 1.82) is 0 Å². The fraction of sp³-hybridized carbons (Fsp3) is 0.294. The molecule has 0 bridgehead atoms. The lowest BCUT2D eigenvalue weighted by Crippen LogP contribution is -2.29. The number of halogens is 1. The van der Waals surface area contributed by atoms with Gasteiger partial charge in [-0.05, 0) is 48.7 Å². The summed E-state index contributed by atoms with van der Waals surface area (Å²) >= 11 is 0. The molecule has 1 aliphatic rings. The van der Waals surface area contributed by atoms with E-state index < -0.39 is 0 Å². The second-order valence-corrected chi connectivity index (χ2v) is 5.33. The second-order valence-electron chi connectivity index (χ2n) is 5.33. The Morgan fingerprint density at radius 1 is 1.29 bits per heavy atom. The molecule has 0 aromatic heterocycles. The van der Waals surface area contributed by atoms with Crippen LogP contribution in [0, 0.1) is 5.82 Å². The summed E-state index contributed by atoms with van der Waals surface area (Å²) in [4.78, 5) is 2.24. The highest BCUT2D eigenvalue weighted by atomic mass is 19.1. The van der Waals surface area contributed by atoms with Crippen molar-refractivity contribution in [3.05, 3.63) is 53.3 Å². The number of anilines is 2. The highest BCUT2D eigenvalue weighted by molar-refractivity contribution is 5.66. The molecule has 0 amide bonds. The van der Waals surface area contributed by atoms with Gasteiger partial charge in [0.2, 0.25) is 0 Å². The van der Waals surface area contributed by atoms with Crippen molar-refractivity contribution in [3.8, 4) is 5.75 Å². The SMILES string of the molecule is COc1ccc(F)cc1CN1CCCc2c(N)cccc21. The van der Waals surface area contributed by atoms with Gasteiger partial charge in [-0.3, -0.25) is 0 Å². The molecule has 2 N–H and O–H groups in total. The summed E-state index contributed by atoms with van der Waals surface area (Å²) in [6.45, 7) is 1.56. The maximum absolute atomic E-state index is 13.5. The van der Waals surface area contributed by atoms with Crippen LogP contribution in [-0.4, -0.2) is 13.7 Å². The number of hydrogen-bond acceptors (Lipinski definition) is 3. The van der Waals surface area contributed by atoms with Crippen molar-refractivity contribution in [2.24, 2.45) is 0 Å². The molecular weight excluding hydrogens is 267 g/mol. The maximum Gasteiger partial charge on any atom is 0.124 e. The number of fused-ring (bicyclic) bond motifs is 1. The minimum Gasteiger partial charge on any atom is -0.496 e. The van der Waals surface area contributed by atoms with Crippen LogP contribution in [0.3, 0.4) is 0 Å². The van der Waals surface area contributed by atoms with Crippen molar-refractivity contribution >= 4 is 11.4 Å². The van der Waals surface area contributed by atoms with Crippen molar-refractivity contribution in [2.45, 2.75) is 19.4 Å². The van der Waals surface area contributed by atoms with Crippen LogP contribution in [-0.2, 0) is 13.0 Å². The first-order valence-corrected chi connectivity index (χ1v) is 7.14. The monoisotopic (exact) mass is 286 g/mol. The fourth-order valence-electron chi connectivity index (χ4n) is 2.97. The number of ether oxygens (including phenoxy) is 1. The zero-order valence-electron chi connectivity index (χ0n) is 12.1. The molecular formula is C17H19FN2O. The van der Waals surface area contributed by atoms with E-state index in [4.69, 9.17) is 10.5 Å². The molecule has 2 aromatic carbocycles. The van der Waals surface area contributed by atoms with Crippen molar-refractivity contribution in [2.75, 3.05) is 24.3 Å². The first-order valence-electron chi connectivity index (χ1n) is 7.14. The summed E-state index contributed by atoms with van der Waals surface area (Å²) in [6.07, 6.45) is 2.05. The van der Waals surface area contributed by atoms with Gasteiger partial charge in [0.05, 0.1) is 7.11 Å². The molecule has 3 rings (SSSR count). The highest BCUT2D eigenvalue weighted by Crippen LogP contribution is 2.33. The zero-order valence-corrected chi connectivity index (χ0v) is 12.1. The van der Waals surface area contributed by atoms with Crippen molar-refractivity contribution in [1.82, 2.24) is 0 Å². The van der Waals surface area contributed by atoms with E-state index in [1.54, 1.807) is 19.2 Å². The van der Waals surface area contributed by atoms with Crippen LogP contribution in [0.1, 0.15) is 17.5 Å². The van der Waals surface area contributed by atoms with Gasteiger partial charge in [0.1, 0.15) is 11.6 Å². The number of hydrogen-bond donors (Lipinski definition) is 1. The predicted octanol–water partition coefficient (Wildman–Crippen LogP) is 3.37. The number of rotatable bonds is 3. The Labute approximate surface area is 124 Å². The molecule has 0 saturated carbocycles. The Kier molecular flexibility index (Phi) is 3.69. The number of methoxy groups -OCH3 is 1. The third kappa shape index (κ3) is 2.66. The maximum atomic E-state index is 13.5. The van der Waals surface area contributed by atoms with E-state index >= 15 is 0 Å². The third-order valence-corrected chi connectivity index (χ3v) is 3.99. The van der Waals surface area contributed by atoms with Crippen molar-refractivity contribution in [3.63, 3.8) is 0 Å². The van der Waals surface area contributed by atoms with E-state index in [1.165, 1.54) is 11.6 Å². The van der Waals surface area contributed by atoms with Crippen LogP contribution < -0.4 is 15.4 Å². The number of nitrogen functional groups attached to an aromatic ring is 1. The van der Waals surface area contributed by atoms with Crippen molar-refractivity contribution < 1.29 is 9.13 Å². The van der Waals surface area contributed by atoms with Crippen LogP contribution in [0.5, 0.6) is 5.75 Å². The summed E-state index contributed by atoms with van der Waals surface area (Å²) in [7, 11) is 1.61. The zero-order chi connectivity index (χ0) is 14.8. The molecule has 1 aliphatic heterocycles. The molecule has 0 radical (unpaired) electrons. The average Bonchev–Trinajstić information content (AvgIpc) is 2.49. The molecule has 0 saturated heterocycles. The van der Waals surface area contributed by atoms with Gasteiger partial charge in [-0.15, -0.1) is 0 Å². The first kappa shape index (κ1) is 13.7. The molecule has 21 heavy (non-hydrogen) atoms. The second kappa shape index (κ2) is 5.64. The van der Waals surface area contributed by atoms with Gasteiger partial charge in [0.25, 0.3) is 0 Å². The van der Waals surface area contributed by atoms with Crippen LogP contribution in [0.15, 0.2) is 36.4 Å². The lowest BCUT2D eigenvalue weighted by molar-refractivity contribution is 0.407. The predicted molar refractivity (Wildman–Crippen MR) is 83.2 cm³/mol. The molecule has 0 aliphatic carbocycles. The average molecular weight is 286 g/mol. The standard InChI is InChI=1S/C17H19FN2O/c1-21-17-8-7-13(18)10-12(17)11-20-9-3-4-14-15(19)5-2-6-16(14)20/h2,5-8,10H,3-4,9,11,19H2,1H3. The molecule has 0 unspecified atom stereocenters. The van der Waals surface area contributed by atoms with Gasteiger partial charge in [-0.1, -0.05) is 6.07 Å². The van der Waals surface area contributed by atoms with Crippen LogP contribution >= 0.6 is 0 Å². The lowest BCUT2D eigenvalue weighted by atomic mass is 9.99. The normalized spacial score (nSPS) is 13.9. The molecule has 2 aromatic rings. The number of nitrogens with zero attached hydrogens (tertiary/aromatic N) is 1. The molecule has 0 atom stereocenters. The molecule has 0 spiro atoms. The first-order chi connectivity index (χ1) is 10.2. The Hall–Kier alpha value is -2.23. The van der Waals surface area contributed by atoms with Crippen LogP contribution in [0.2, 0.25) is 0 Å². The van der Waals surface area contributed by atoms with E-state index in [0.29, 0.717) is 12.3 Å². The van der Waals surface area contributed by atoms with Gasteiger partial charge >= 0.3 is 0 Å². The molecule has 110 valence electrons. The topological polar surface area (TPSA) is 38.5 Å². The minimum absolute atomic E-state index is 0.240. The number of benzene rings is 2. The van der Waals surface area contributed by atoms with E-state index in [-0.39, 0.29) is 5.82 Å². The third-order valence-electron chi connectivity index (χ3n) is 3.99. The van der Waals surface area contributed by atoms with Gasteiger partial charge < -0.3 is 15.4 Å². The smallest absolute Gasteiger partial charge is 0.124 e. The van der Waals surface area contributed by atoms with Crippen LogP contribution in [0.25, 0.3) is 0 Å². The lowest BCUT2D eigenvalue weighted by Gasteiger charge is -2.32. The van der Waals surface area contributed by atoms with Gasteiger partial charge in [-0.25, -0.2) is 4.39 Å². The molecule has 3 nitrogen and oxygen atoms in total. The van der Waals surface area contributed by atoms with E-state index in [9.17, 15) is 4.39 Å². The Morgan fingerprint density at radius 2 is 2.14 bits per heavy atom. The minimum atomic E-state index is -0.240. The molecule has 4 heteroatoms. The van der Waals surface area contributed by atoms with E-state index in [2.05, 4.69) is 11.0 Å². The summed E-state index contributed by atoms with van der Waals surface area (Å²) in [5, 5.41) is 0. The number of nitrogens with two attached hydrogens (primary N) is 1. The summed E-state index contributed by atoms with van der Waals surface area (Å²) < 4.78 is 18.8. The van der Waals surface area contributed by atoms with Gasteiger partial charge in [0.15, 0.2) is 0 Å². The fourth-order valence-corrected chi connectivity index (χ4v) is 2.97.